The minimum atomic E-state index is 0.312. The van der Waals surface area contributed by atoms with Crippen LogP contribution in [-0.4, -0.2) is 36.6 Å². The molecule has 0 saturated carbocycles. The Kier molecular flexibility index (Phi) is 3.30. The van der Waals surface area contributed by atoms with Gasteiger partial charge in [-0.15, -0.1) is 0 Å². The Hall–Kier alpha value is -1.75. The molecule has 0 radical (unpaired) electrons. The predicted molar refractivity (Wildman–Crippen MR) is 81.7 cm³/mol. The third-order valence-corrected chi connectivity index (χ3v) is 4.27. The topological polar surface area (TPSA) is 67.3 Å². The van der Waals surface area contributed by atoms with Gasteiger partial charge in [-0.2, -0.15) is 4.98 Å². The Morgan fingerprint density at radius 1 is 1.40 bits per heavy atom. The van der Waals surface area contributed by atoms with Crippen molar-refractivity contribution in [1.29, 1.82) is 0 Å². The number of nitrogens with two attached hydrogens (primary N) is 1. The fourth-order valence-corrected chi connectivity index (χ4v) is 2.64. The zero-order chi connectivity index (χ0) is 14.2. The summed E-state index contributed by atoms with van der Waals surface area (Å²) in [7, 11) is 2.18. The summed E-state index contributed by atoms with van der Waals surface area (Å²) in [5, 5.41) is 3.34. The second-order valence-corrected chi connectivity index (χ2v) is 6.21. The summed E-state index contributed by atoms with van der Waals surface area (Å²) in [6.07, 6.45) is 2.40. The first-order valence-corrected chi connectivity index (χ1v) is 7.13. The van der Waals surface area contributed by atoms with E-state index >= 15 is 0 Å². The van der Waals surface area contributed by atoms with Crippen molar-refractivity contribution in [2.75, 3.05) is 37.7 Å². The van der Waals surface area contributed by atoms with Gasteiger partial charge in [-0.05, 0) is 56.6 Å². The lowest BCUT2D eigenvalue weighted by atomic mass is 9.80. The van der Waals surface area contributed by atoms with Gasteiger partial charge < -0.3 is 20.4 Å². The van der Waals surface area contributed by atoms with Crippen LogP contribution in [-0.2, 0) is 0 Å². The molecule has 0 aliphatic carbocycles. The van der Waals surface area contributed by atoms with Gasteiger partial charge in [-0.25, -0.2) is 0 Å². The molecule has 0 unspecified atom stereocenters. The third-order valence-electron chi connectivity index (χ3n) is 4.27. The fourth-order valence-electron chi connectivity index (χ4n) is 2.64. The van der Waals surface area contributed by atoms with E-state index in [4.69, 9.17) is 10.2 Å². The first-order chi connectivity index (χ1) is 9.54. The molecule has 0 spiro atoms. The normalized spacial score (nSPS) is 19.3. The van der Waals surface area contributed by atoms with Crippen LogP contribution in [0.15, 0.2) is 22.6 Å². The highest BCUT2D eigenvalue weighted by atomic mass is 16.4. The van der Waals surface area contributed by atoms with E-state index in [1.807, 2.05) is 18.2 Å². The monoisotopic (exact) mass is 274 g/mol. The average molecular weight is 274 g/mol. The standard InChI is InChI=1S/C15H22N4O/c1-15(5-7-19(2)8-6-15)10-17-14-18-12-9-11(16)3-4-13(12)20-14/h3-4,9H,5-8,10,16H2,1-2H3,(H,17,18). The van der Waals surface area contributed by atoms with Crippen LogP contribution in [0.25, 0.3) is 11.1 Å². The smallest absolute Gasteiger partial charge is 0.295 e. The third kappa shape index (κ3) is 2.72. The van der Waals surface area contributed by atoms with Gasteiger partial charge >= 0.3 is 0 Å². The van der Waals surface area contributed by atoms with Crippen LogP contribution < -0.4 is 11.1 Å². The van der Waals surface area contributed by atoms with Gasteiger partial charge in [-0.3, -0.25) is 0 Å². The molecule has 108 valence electrons. The number of likely N-dealkylation sites (tertiary alicyclic amines) is 1. The van der Waals surface area contributed by atoms with Crippen LogP contribution in [0.5, 0.6) is 0 Å². The number of benzene rings is 1. The Bertz CT molecular complexity index is 599. The quantitative estimate of drug-likeness (QED) is 0.842. The summed E-state index contributed by atoms with van der Waals surface area (Å²) in [6.45, 7) is 5.53. The molecule has 20 heavy (non-hydrogen) atoms. The summed E-state index contributed by atoms with van der Waals surface area (Å²) in [5.41, 5.74) is 8.35. The molecule has 1 aromatic carbocycles. The summed E-state index contributed by atoms with van der Waals surface area (Å²) in [6, 6.07) is 6.11. The van der Waals surface area contributed by atoms with Crippen molar-refractivity contribution in [1.82, 2.24) is 9.88 Å². The van der Waals surface area contributed by atoms with Crippen LogP contribution in [0.2, 0.25) is 0 Å². The highest BCUT2D eigenvalue weighted by molar-refractivity contribution is 5.78. The molecule has 0 amide bonds. The van der Waals surface area contributed by atoms with E-state index in [2.05, 4.69) is 29.2 Å². The maximum absolute atomic E-state index is 5.75. The zero-order valence-corrected chi connectivity index (χ0v) is 12.1. The van der Waals surface area contributed by atoms with Crippen molar-refractivity contribution in [2.45, 2.75) is 19.8 Å². The number of anilines is 2. The lowest BCUT2D eigenvalue weighted by Gasteiger charge is -2.37. The Balaban J connectivity index is 1.67. The second kappa shape index (κ2) is 4.98. The van der Waals surface area contributed by atoms with Crippen molar-refractivity contribution < 1.29 is 4.42 Å². The average Bonchev–Trinajstić information content (AvgIpc) is 2.82. The first kappa shape index (κ1) is 13.2. The lowest BCUT2D eigenvalue weighted by molar-refractivity contribution is 0.150. The van der Waals surface area contributed by atoms with Crippen molar-refractivity contribution in [3.63, 3.8) is 0 Å². The number of aromatic nitrogens is 1. The zero-order valence-electron chi connectivity index (χ0n) is 12.1. The molecular weight excluding hydrogens is 252 g/mol. The maximum Gasteiger partial charge on any atom is 0.295 e. The van der Waals surface area contributed by atoms with E-state index in [0.29, 0.717) is 17.1 Å². The van der Waals surface area contributed by atoms with E-state index in [9.17, 15) is 0 Å². The summed E-state index contributed by atoms with van der Waals surface area (Å²) < 4.78 is 5.69. The molecule has 0 atom stereocenters. The molecule has 1 aliphatic rings. The van der Waals surface area contributed by atoms with Crippen molar-refractivity contribution in [2.24, 2.45) is 5.41 Å². The van der Waals surface area contributed by atoms with Gasteiger partial charge in [0.2, 0.25) is 0 Å². The van der Waals surface area contributed by atoms with Crippen LogP contribution >= 0.6 is 0 Å². The Labute approximate surface area is 119 Å². The number of hydrogen-bond acceptors (Lipinski definition) is 5. The summed E-state index contributed by atoms with van der Waals surface area (Å²) >= 11 is 0. The van der Waals surface area contributed by atoms with Crippen LogP contribution in [0.1, 0.15) is 19.8 Å². The molecule has 1 fully saturated rings. The highest BCUT2D eigenvalue weighted by Gasteiger charge is 2.29. The minimum Gasteiger partial charge on any atom is -0.424 e. The van der Waals surface area contributed by atoms with E-state index in [0.717, 1.165) is 30.7 Å². The first-order valence-electron chi connectivity index (χ1n) is 7.13. The molecule has 1 saturated heterocycles. The number of fused-ring (bicyclic) bond motifs is 1. The number of oxazole rings is 1. The number of nitrogens with one attached hydrogen (secondary N) is 1. The Morgan fingerprint density at radius 3 is 2.90 bits per heavy atom. The number of piperidine rings is 1. The van der Waals surface area contributed by atoms with Gasteiger partial charge in [0.15, 0.2) is 5.58 Å². The molecule has 2 heterocycles. The van der Waals surface area contributed by atoms with Crippen molar-refractivity contribution >= 4 is 22.8 Å². The van der Waals surface area contributed by atoms with E-state index in [-0.39, 0.29) is 0 Å². The molecular formula is C15H22N4O. The molecule has 3 N–H and O–H groups in total. The number of rotatable bonds is 3. The van der Waals surface area contributed by atoms with E-state index in [1.165, 1.54) is 12.8 Å². The number of nitrogens with zero attached hydrogens (tertiary/aromatic N) is 2. The van der Waals surface area contributed by atoms with Crippen LogP contribution in [0.4, 0.5) is 11.7 Å². The SMILES string of the molecule is CN1CCC(C)(CNc2nc3cc(N)ccc3o2)CC1. The molecule has 2 aromatic rings. The van der Waals surface area contributed by atoms with Crippen molar-refractivity contribution in [3.05, 3.63) is 18.2 Å². The van der Waals surface area contributed by atoms with Crippen molar-refractivity contribution in [3.8, 4) is 0 Å². The number of nitrogen functional groups attached to an aromatic ring is 1. The van der Waals surface area contributed by atoms with Gasteiger partial charge in [0.05, 0.1) is 0 Å². The maximum atomic E-state index is 5.75. The molecule has 0 bridgehead atoms. The highest BCUT2D eigenvalue weighted by Crippen LogP contribution is 2.31. The predicted octanol–water partition coefficient (Wildman–Crippen LogP) is 2.55. The second-order valence-electron chi connectivity index (χ2n) is 6.21. The number of hydrogen-bond donors (Lipinski definition) is 2. The molecule has 5 nitrogen and oxygen atoms in total. The molecule has 1 aromatic heterocycles. The molecule has 1 aliphatic heterocycles. The van der Waals surface area contributed by atoms with Gasteiger partial charge in [0.1, 0.15) is 5.52 Å². The Morgan fingerprint density at radius 2 is 2.15 bits per heavy atom. The minimum absolute atomic E-state index is 0.312. The van der Waals surface area contributed by atoms with Crippen LogP contribution in [0.3, 0.4) is 0 Å². The van der Waals surface area contributed by atoms with Gasteiger partial charge in [0.25, 0.3) is 6.01 Å². The molecule has 5 heteroatoms. The summed E-state index contributed by atoms with van der Waals surface area (Å²) in [4.78, 5) is 6.81. The van der Waals surface area contributed by atoms with Crippen LogP contribution in [0, 0.1) is 5.41 Å². The van der Waals surface area contributed by atoms with E-state index < -0.39 is 0 Å². The van der Waals surface area contributed by atoms with Gasteiger partial charge in [-0.1, -0.05) is 6.92 Å². The fraction of sp³-hybridized carbons (Fsp3) is 0.533. The largest absolute Gasteiger partial charge is 0.424 e. The van der Waals surface area contributed by atoms with E-state index in [1.54, 1.807) is 0 Å². The van der Waals surface area contributed by atoms with Gasteiger partial charge in [0, 0.05) is 12.2 Å². The summed E-state index contributed by atoms with van der Waals surface area (Å²) in [5.74, 6) is 0. The molecule has 3 rings (SSSR count). The lowest BCUT2D eigenvalue weighted by Crippen LogP contribution is -2.40.